The number of furan rings is 1. The van der Waals surface area contributed by atoms with Gasteiger partial charge in [-0.1, -0.05) is 66.4 Å². The van der Waals surface area contributed by atoms with Crippen LogP contribution in [-0.4, -0.2) is 22.6 Å². The van der Waals surface area contributed by atoms with Crippen molar-refractivity contribution in [1.82, 2.24) is 4.90 Å². The second-order valence-electron chi connectivity index (χ2n) is 8.63. The molecular weight excluding hydrogens is 498 g/mol. The standard InChI is InChI=1S/C30H25N3O4S/c34-26(17-16-21-9-3-1-4-10-21)31-23-13-7-15-25(19-23)38-28-27(32-22-11-5-2-6-12-22)29(35)33(30(28)36)20-24-14-8-18-37-24/h1-15,18-19,32H,16-17,20H2,(H,31,34). The van der Waals surface area contributed by atoms with Crippen LogP contribution in [0.2, 0.25) is 0 Å². The highest BCUT2D eigenvalue weighted by atomic mass is 32.2. The number of hydrogen-bond acceptors (Lipinski definition) is 6. The van der Waals surface area contributed by atoms with Crippen LogP contribution >= 0.6 is 11.8 Å². The minimum atomic E-state index is -0.428. The Morgan fingerprint density at radius 1 is 0.816 bits per heavy atom. The van der Waals surface area contributed by atoms with Crippen LogP contribution in [0.1, 0.15) is 17.7 Å². The first-order chi connectivity index (χ1) is 18.6. The van der Waals surface area contributed by atoms with Crippen LogP contribution in [0.15, 0.2) is 123 Å². The second-order valence-corrected chi connectivity index (χ2v) is 9.72. The van der Waals surface area contributed by atoms with E-state index in [1.165, 1.54) is 22.9 Å². The molecule has 0 radical (unpaired) electrons. The Morgan fingerprint density at radius 2 is 1.55 bits per heavy atom. The molecule has 3 aromatic carbocycles. The van der Waals surface area contributed by atoms with Crippen molar-refractivity contribution in [3.8, 4) is 0 Å². The Kier molecular flexibility index (Phi) is 7.70. The van der Waals surface area contributed by atoms with Crippen molar-refractivity contribution in [1.29, 1.82) is 0 Å². The number of benzene rings is 3. The summed E-state index contributed by atoms with van der Waals surface area (Å²) in [5, 5.41) is 6.05. The first-order valence-corrected chi connectivity index (χ1v) is 12.9. The molecule has 0 bridgehead atoms. The van der Waals surface area contributed by atoms with Crippen molar-refractivity contribution in [2.24, 2.45) is 0 Å². The molecule has 0 atom stereocenters. The van der Waals surface area contributed by atoms with Gasteiger partial charge in [-0.05, 0) is 54.4 Å². The zero-order valence-corrected chi connectivity index (χ0v) is 21.2. The van der Waals surface area contributed by atoms with Crippen LogP contribution in [0, 0.1) is 0 Å². The number of aryl methyl sites for hydroxylation is 1. The summed E-state index contributed by atoms with van der Waals surface area (Å²) < 4.78 is 5.37. The Bertz CT molecular complexity index is 1470. The van der Waals surface area contributed by atoms with Gasteiger partial charge in [-0.3, -0.25) is 19.3 Å². The van der Waals surface area contributed by atoms with E-state index in [1.54, 1.807) is 24.3 Å². The summed E-state index contributed by atoms with van der Waals surface area (Å²) in [5.74, 6) is -0.425. The number of amides is 3. The van der Waals surface area contributed by atoms with Crippen molar-refractivity contribution in [3.63, 3.8) is 0 Å². The van der Waals surface area contributed by atoms with Crippen molar-refractivity contribution in [2.75, 3.05) is 10.6 Å². The molecule has 0 spiro atoms. The Morgan fingerprint density at radius 3 is 2.29 bits per heavy atom. The smallest absolute Gasteiger partial charge is 0.278 e. The molecule has 2 N–H and O–H groups in total. The molecule has 1 aromatic heterocycles. The van der Waals surface area contributed by atoms with Gasteiger partial charge in [-0.2, -0.15) is 0 Å². The molecule has 7 nitrogen and oxygen atoms in total. The van der Waals surface area contributed by atoms with Crippen LogP contribution in [0.25, 0.3) is 0 Å². The van der Waals surface area contributed by atoms with E-state index < -0.39 is 11.8 Å². The van der Waals surface area contributed by atoms with E-state index in [-0.39, 0.29) is 23.1 Å². The largest absolute Gasteiger partial charge is 0.467 e. The number of para-hydroxylation sites is 1. The molecule has 38 heavy (non-hydrogen) atoms. The summed E-state index contributed by atoms with van der Waals surface area (Å²) >= 11 is 1.18. The average molecular weight is 524 g/mol. The summed E-state index contributed by atoms with van der Waals surface area (Å²) in [4.78, 5) is 41.4. The SMILES string of the molecule is O=C(CCc1ccccc1)Nc1cccc(SC2=C(Nc3ccccc3)C(=O)N(Cc3ccco3)C2=O)c1. The van der Waals surface area contributed by atoms with Crippen LogP contribution in [-0.2, 0) is 27.3 Å². The normalized spacial score (nSPS) is 13.2. The van der Waals surface area contributed by atoms with E-state index in [4.69, 9.17) is 4.42 Å². The van der Waals surface area contributed by atoms with Crippen molar-refractivity contribution >= 4 is 40.9 Å². The third-order valence-corrected chi connectivity index (χ3v) is 6.96. The maximum Gasteiger partial charge on any atom is 0.278 e. The highest BCUT2D eigenvalue weighted by Crippen LogP contribution is 2.37. The number of carbonyl (C=O) groups is 3. The first-order valence-electron chi connectivity index (χ1n) is 12.1. The predicted molar refractivity (Wildman–Crippen MR) is 147 cm³/mol. The van der Waals surface area contributed by atoms with Crippen LogP contribution in [0.4, 0.5) is 11.4 Å². The van der Waals surface area contributed by atoms with Gasteiger partial charge in [0.05, 0.1) is 12.8 Å². The fourth-order valence-electron chi connectivity index (χ4n) is 4.01. The molecule has 1 aliphatic heterocycles. The molecular formula is C30H25N3O4S. The number of carbonyl (C=O) groups excluding carboxylic acids is 3. The van der Waals surface area contributed by atoms with Gasteiger partial charge in [0.2, 0.25) is 5.91 Å². The van der Waals surface area contributed by atoms with Gasteiger partial charge in [0.15, 0.2) is 0 Å². The second kappa shape index (κ2) is 11.7. The van der Waals surface area contributed by atoms with Crippen molar-refractivity contribution in [3.05, 3.63) is 125 Å². The van der Waals surface area contributed by atoms with Crippen LogP contribution in [0.5, 0.6) is 0 Å². The number of anilines is 2. The first kappa shape index (κ1) is 25.1. The van der Waals surface area contributed by atoms with Gasteiger partial charge in [-0.15, -0.1) is 0 Å². The lowest BCUT2D eigenvalue weighted by molar-refractivity contribution is -0.138. The van der Waals surface area contributed by atoms with Gasteiger partial charge in [0.1, 0.15) is 16.4 Å². The highest BCUT2D eigenvalue weighted by Gasteiger charge is 2.39. The van der Waals surface area contributed by atoms with Crippen molar-refractivity contribution < 1.29 is 18.8 Å². The van der Waals surface area contributed by atoms with Crippen LogP contribution in [0.3, 0.4) is 0 Å². The van der Waals surface area contributed by atoms with Crippen molar-refractivity contribution in [2.45, 2.75) is 24.3 Å². The lowest BCUT2D eigenvalue weighted by Gasteiger charge is -2.13. The number of thioether (sulfide) groups is 1. The van der Waals surface area contributed by atoms with Gasteiger partial charge >= 0.3 is 0 Å². The maximum absolute atomic E-state index is 13.4. The van der Waals surface area contributed by atoms with Gasteiger partial charge < -0.3 is 15.1 Å². The molecule has 0 aliphatic carbocycles. The molecule has 0 saturated carbocycles. The van der Waals surface area contributed by atoms with E-state index in [9.17, 15) is 14.4 Å². The van der Waals surface area contributed by atoms with E-state index in [0.717, 1.165) is 5.56 Å². The number of nitrogens with zero attached hydrogens (tertiary/aromatic N) is 1. The van der Waals surface area contributed by atoms with Crippen LogP contribution < -0.4 is 10.6 Å². The summed E-state index contributed by atoms with van der Waals surface area (Å²) in [6.07, 6.45) is 2.50. The topological polar surface area (TPSA) is 91.7 Å². The molecule has 0 unspecified atom stereocenters. The zero-order chi connectivity index (χ0) is 26.3. The summed E-state index contributed by atoms with van der Waals surface area (Å²) in [5.41, 5.74) is 2.62. The lowest BCUT2D eigenvalue weighted by Crippen LogP contribution is -2.31. The fourth-order valence-corrected chi connectivity index (χ4v) is 5.01. The Hall–Kier alpha value is -4.56. The fraction of sp³-hybridized carbons (Fsp3) is 0.100. The van der Waals surface area contributed by atoms with E-state index in [1.807, 2.05) is 72.8 Å². The van der Waals surface area contributed by atoms with Gasteiger partial charge in [0, 0.05) is 22.7 Å². The quantitative estimate of drug-likeness (QED) is 0.254. The molecule has 0 fully saturated rings. The molecule has 190 valence electrons. The van der Waals surface area contributed by atoms with Gasteiger partial charge in [0.25, 0.3) is 11.8 Å². The van der Waals surface area contributed by atoms with E-state index in [0.29, 0.717) is 34.9 Å². The van der Waals surface area contributed by atoms with E-state index in [2.05, 4.69) is 10.6 Å². The molecule has 2 heterocycles. The number of nitrogens with one attached hydrogen (secondary N) is 2. The lowest BCUT2D eigenvalue weighted by atomic mass is 10.1. The highest BCUT2D eigenvalue weighted by molar-refractivity contribution is 8.04. The predicted octanol–water partition coefficient (Wildman–Crippen LogP) is 5.84. The van der Waals surface area contributed by atoms with E-state index >= 15 is 0 Å². The molecule has 1 aliphatic rings. The molecule has 4 aromatic rings. The summed E-state index contributed by atoms with van der Waals surface area (Å²) in [6, 6.07) is 29.7. The third-order valence-electron chi connectivity index (χ3n) is 5.88. The molecule has 5 rings (SSSR count). The molecule has 8 heteroatoms. The monoisotopic (exact) mass is 523 g/mol. The molecule has 0 saturated heterocycles. The number of hydrogen-bond donors (Lipinski definition) is 2. The Balaban J connectivity index is 1.33. The molecule has 3 amide bonds. The number of imide groups is 1. The minimum absolute atomic E-state index is 0.0339. The summed E-state index contributed by atoms with van der Waals surface area (Å²) in [6.45, 7) is 0.0339. The maximum atomic E-state index is 13.4. The number of rotatable bonds is 10. The average Bonchev–Trinajstić information content (AvgIpc) is 3.53. The Labute approximate surface area is 224 Å². The summed E-state index contributed by atoms with van der Waals surface area (Å²) in [7, 11) is 0. The van der Waals surface area contributed by atoms with Gasteiger partial charge in [-0.25, -0.2) is 0 Å². The third kappa shape index (κ3) is 6.04. The zero-order valence-electron chi connectivity index (χ0n) is 20.4. The minimum Gasteiger partial charge on any atom is -0.467 e.